The van der Waals surface area contributed by atoms with Crippen LogP contribution in [0.5, 0.6) is 5.75 Å². The predicted octanol–water partition coefficient (Wildman–Crippen LogP) is 7.01. The molecule has 2 heterocycles. The Morgan fingerprint density at radius 1 is 1.07 bits per heavy atom. The number of thioether (sulfide) groups is 1. The van der Waals surface area contributed by atoms with Crippen LogP contribution in [-0.4, -0.2) is 50.7 Å². The minimum absolute atomic E-state index is 0.0204. The Kier molecular flexibility index (Phi) is 7.87. The highest BCUT2D eigenvalue weighted by Crippen LogP contribution is 2.41. The van der Waals surface area contributed by atoms with E-state index in [1.165, 1.54) is 40.8 Å². The summed E-state index contributed by atoms with van der Waals surface area (Å²) < 4.78 is 42.6. The molecule has 2 unspecified atom stereocenters. The van der Waals surface area contributed by atoms with Crippen molar-refractivity contribution in [2.75, 3.05) is 17.2 Å². The van der Waals surface area contributed by atoms with Crippen LogP contribution in [0, 0.1) is 13.8 Å². The SMILES string of the molecule is Cc1ccc(C)c(N2CCCSC2=NC(=O)NC2CC2c2ccc(-c3ncn(-c4ccc(OC(F)(F)F)cc4)n3)cc2)c1. The minimum atomic E-state index is -4.74. The van der Waals surface area contributed by atoms with Crippen molar-refractivity contribution in [2.45, 2.75) is 45.0 Å². The standard InChI is InChI=1S/C31H29F3N6O2S/c1-19-4-5-20(2)27(16-19)39-14-3-15-43-30(39)37-29(41)36-26-17-25(26)21-6-8-22(9-7-21)28-35-18-40(38-28)23-10-12-24(13-11-23)42-31(32,33)34/h4-13,16,18,25-26H,3,14-15,17H2,1-2H3,(H,36,41). The van der Waals surface area contributed by atoms with Crippen LogP contribution in [0.1, 0.15) is 35.4 Å². The average Bonchev–Trinajstić information content (AvgIpc) is 3.55. The van der Waals surface area contributed by atoms with E-state index in [-0.39, 0.29) is 23.7 Å². The first-order chi connectivity index (χ1) is 20.6. The van der Waals surface area contributed by atoms with Crippen LogP contribution in [0.3, 0.4) is 0 Å². The van der Waals surface area contributed by atoms with Crippen LogP contribution in [0.25, 0.3) is 17.1 Å². The van der Waals surface area contributed by atoms with Gasteiger partial charge in [-0.05, 0) is 73.7 Å². The molecule has 0 spiro atoms. The molecule has 1 aromatic heterocycles. The van der Waals surface area contributed by atoms with Crippen LogP contribution >= 0.6 is 11.8 Å². The van der Waals surface area contributed by atoms with Gasteiger partial charge >= 0.3 is 12.4 Å². The number of alkyl halides is 3. The monoisotopic (exact) mass is 606 g/mol. The summed E-state index contributed by atoms with van der Waals surface area (Å²) in [5.41, 5.74) is 5.87. The fourth-order valence-corrected chi connectivity index (χ4v) is 6.04. The number of benzene rings is 3. The third kappa shape index (κ3) is 6.85. The number of amidine groups is 1. The number of nitrogens with zero attached hydrogens (tertiary/aromatic N) is 5. The second kappa shape index (κ2) is 11.8. The zero-order valence-corrected chi connectivity index (χ0v) is 24.3. The lowest BCUT2D eigenvalue weighted by atomic mass is 10.1. The van der Waals surface area contributed by atoms with E-state index in [0.717, 1.165) is 52.7 Å². The van der Waals surface area contributed by atoms with Crippen LogP contribution in [0.4, 0.5) is 23.7 Å². The fraction of sp³-hybridized carbons (Fsp3) is 0.290. The summed E-state index contributed by atoms with van der Waals surface area (Å²) in [6.07, 6.45) is -1.37. The second-order valence-electron chi connectivity index (χ2n) is 10.6. The van der Waals surface area contributed by atoms with Crippen molar-refractivity contribution in [2.24, 2.45) is 4.99 Å². The number of urea groups is 1. The van der Waals surface area contributed by atoms with Crippen molar-refractivity contribution in [1.29, 1.82) is 0 Å². The molecule has 1 N–H and O–H groups in total. The number of nitrogens with one attached hydrogen (secondary N) is 1. The van der Waals surface area contributed by atoms with Gasteiger partial charge in [0.15, 0.2) is 11.0 Å². The first kappa shape index (κ1) is 28.8. The molecule has 43 heavy (non-hydrogen) atoms. The molecule has 0 radical (unpaired) electrons. The number of anilines is 1. The molecule has 2 fully saturated rings. The number of aryl methyl sites for hydroxylation is 2. The zero-order valence-electron chi connectivity index (χ0n) is 23.5. The Balaban J connectivity index is 1.07. The lowest BCUT2D eigenvalue weighted by Gasteiger charge is -2.30. The van der Waals surface area contributed by atoms with Gasteiger partial charge < -0.3 is 15.0 Å². The molecule has 1 aliphatic heterocycles. The van der Waals surface area contributed by atoms with Gasteiger partial charge in [-0.25, -0.2) is 14.5 Å². The average molecular weight is 607 g/mol. The van der Waals surface area contributed by atoms with Gasteiger partial charge in [-0.15, -0.1) is 18.3 Å². The van der Waals surface area contributed by atoms with Gasteiger partial charge in [-0.3, -0.25) is 0 Å². The number of carbonyl (C=O) groups excluding carboxylic acids is 1. The van der Waals surface area contributed by atoms with Crippen molar-refractivity contribution in [3.8, 4) is 22.8 Å². The van der Waals surface area contributed by atoms with Gasteiger partial charge in [0.2, 0.25) is 0 Å². The van der Waals surface area contributed by atoms with Crippen molar-refractivity contribution in [1.82, 2.24) is 20.1 Å². The van der Waals surface area contributed by atoms with Crippen molar-refractivity contribution in [3.05, 3.63) is 89.7 Å². The van der Waals surface area contributed by atoms with Crippen molar-refractivity contribution >= 4 is 28.6 Å². The molecule has 222 valence electrons. The van der Waals surface area contributed by atoms with Crippen molar-refractivity contribution in [3.63, 3.8) is 0 Å². The molecule has 4 aromatic rings. The smallest absolute Gasteiger partial charge is 0.406 e. The highest BCUT2D eigenvalue weighted by molar-refractivity contribution is 8.14. The van der Waals surface area contributed by atoms with Gasteiger partial charge in [0, 0.05) is 35.5 Å². The Labute approximate surface area is 251 Å². The fourth-order valence-electron chi connectivity index (χ4n) is 5.09. The summed E-state index contributed by atoms with van der Waals surface area (Å²) in [4.78, 5) is 23.8. The number of rotatable bonds is 6. The largest absolute Gasteiger partial charge is 0.573 e. The van der Waals surface area contributed by atoms with E-state index in [1.54, 1.807) is 11.8 Å². The maximum absolute atomic E-state index is 12.9. The Hall–Kier alpha value is -4.32. The number of aliphatic imine (C=N–C) groups is 1. The molecule has 8 nitrogen and oxygen atoms in total. The summed E-state index contributed by atoms with van der Waals surface area (Å²) in [7, 11) is 0. The van der Waals surface area contributed by atoms with Crippen LogP contribution in [-0.2, 0) is 0 Å². The molecule has 1 aliphatic carbocycles. The van der Waals surface area contributed by atoms with E-state index in [0.29, 0.717) is 11.5 Å². The molecular formula is C31H29F3N6O2S. The van der Waals surface area contributed by atoms with E-state index >= 15 is 0 Å². The van der Waals surface area contributed by atoms with Gasteiger partial charge in [0.05, 0.1) is 5.69 Å². The van der Waals surface area contributed by atoms with E-state index in [2.05, 4.69) is 62.1 Å². The zero-order chi connectivity index (χ0) is 30.1. The number of carbonyl (C=O) groups is 1. The predicted molar refractivity (Wildman–Crippen MR) is 161 cm³/mol. The highest BCUT2D eigenvalue weighted by atomic mass is 32.2. The van der Waals surface area contributed by atoms with Gasteiger partial charge in [0.25, 0.3) is 0 Å². The molecule has 1 saturated carbocycles. The third-order valence-electron chi connectivity index (χ3n) is 7.36. The van der Waals surface area contributed by atoms with Crippen molar-refractivity contribution < 1.29 is 22.7 Å². The molecule has 2 aliphatic rings. The lowest BCUT2D eigenvalue weighted by Crippen LogP contribution is -2.36. The van der Waals surface area contributed by atoms with E-state index in [1.807, 2.05) is 24.3 Å². The normalized spacial score (nSPS) is 19.4. The molecule has 6 rings (SSSR count). The quantitative estimate of drug-likeness (QED) is 0.254. The van der Waals surface area contributed by atoms with E-state index in [9.17, 15) is 18.0 Å². The molecule has 2 amide bonds. The maximum Gasteiger partial charge on any atom is 0.573 e. The minimum Gasteiger partial charge on any atom is -0.406 e. The molecule has 12 heteroatoms. The maximum atomic E-state index is 12.9. The van der Waals surface area contributed by atoms with E-state index in [4.69, 9.17) is 0 Å². The van der Waals surface area contributed by atoms with Gasteiger partial charge in [-0.2, -0.15) is 4.99 Å². The number of amides is 2. The van der Waals surface area contributed by atoms with Crippen LogP contribution in [0.15, 0.2) is 78.0 Å². The number of halogens is 3. The number of aromatic nitrogens is 3. The third-order valence-corrected chi connectivity index (χ3v) is 8.43. The molecule has 1 saturated heterocycles. The Morgan fingerprint density at radius 3 is 2.58 bits per heavy atom. The van der Waals surface area contributed by atoms with Gasteiger partial charge in [-0.1, -0.05) is 48.2 Å². The first-order valence-electron chi connectivity index (χ1n) is 13.9. The van der Waals surface area contributed by atoms with Gasteiger partial charge in [0.1, 0.15) is 12.1 Å². The first-order valence-corrected chi connectivity index (χ1v) is 14.9. The highest BCUT2D eigenvalue weighted by Gasteiger charge is 2.39. The molecule has 3 aromatic carbocycles. The Bertz CT molecular complexity index is 1650. The molecular weight excluding hydrogens is 577 g/mol. The second-order valence-corrected chi connectivity index (χ2v) is 11.7. The summed E-state index contributed by atoms with van der Waals surface area (Å²) >= 11 is 1.61. The summed E-state index contributed by atoms with van der Waals surface area (Å²) in [5, 5.41) is 8.26. The number of hydrogen-bond donors (Lipinski definition) is 1. The summed E-state index contributed by atoms with van der Waals surface area (Å²) in [5.74, 6) is 1.32. The topological polar surface area (TPSA) is 84.6 Å². The Morgan fingerprint density at radius 2 is 1.84 bits per heavy atom. The van der Waals surface area contributed by atoms with E-state index < -0.39 is 6.36 Å². The number of hydrogen-bond acceptors (Lipinski definition) is 5. The van der Waals surface area contributed by atoms with Crippen LogP contribution < -0.4 is 15.0 Å². The summed E-state index contributed by atoms with van der Waals surface area (Å²) in [6.45, 7) is 4.97. The number of ether oxygens (including phenoxy) is 1. The molecule has 2 atom stereocenters. The summed E-state index contributed by atoms with van der Waals surface area (Å²) in [6, 6.07) is 19.3. The molecule has 0 bridgehead atoms. The van der Waals surface area contributed by atoms with Crippen LogP contribution in [0.2, 0.25) is 0 Å². The lowest BCUT2D eigenvalue weighted by molar-refractivity contribution is -0.274.